The molecule has 2 aromatic carbocycles. The van der Waals surface area contributed by atoms with Crippen molar-refractivity contribution in [2.45, 2.75) is 43.5 Å². The number of fused-ring (bicyclic) bond motifs is 1. The van der Waals surface area contributed by atoms with E-state index in [4.69, 9.17) is 11.6 Å². The highest BCUT2D eigenvalue weighted by Gasteiger charge is 2.39. The molecule has 2 aliphatic rings. The van der Waals surface area contributed by atoms with Crippen molar-refractivity contribution in [3.05, 3.63) is 53.1 Å². The molecule has 1 fully saturated rings. The second-order valence-corrected chi connectivity index (χ2v) is 10.5. The number of anilines is 2. The highest BCUT2D eigenvalue weighted by atomic mass is 35.5. The van der Waals surface area contributed by atoms with Crippen molar-refractivity contribution in [3.8, 4) is 0 Å². The summed E-state index contributed by atoms with van der Waals surface area (Å²) >= 11 is 5.82. The van der Waals surface area contributed by atoms with Gasteiger partial charge in [-0.3, -0.25) is 9.59 Å². The summed E-state index contributed by atoms with van der Waals surface area (Å²) in [6, 6.07) is 11.6. The highest BCUT2D eigenvalue weighted by molar-refractivity contribution is 7.91. The second-order valence-electron chi connectivity index (χ2n) is 7.95. The zero-order chi connectivity index (χ0) is 21.5. The lowest BCUT2D eigenvalue weighted by Crippen LogP contribution is -2.36. The number of halogens is 1. The number of hydrogen-bond donors (Lipinski definition) is 1. The van der Waals surface area contributed by atoms with Gasteiger partial charge in [-0.1, -0.05) is 11.6 Å². The Labute approximate surface area is 181 Å². The molecule has 6 nitrogen and oxygen atoms in total. The molecule has 30 heavy (non-hydrogen) atoms. The molecule has 1 saturated carbocycles. The molecule has 0 aromatic heterocycles. The van der Waals surface area contributed by atoms with Crippen molar-refractivity contribution in [1.29, 1.82) is 0 Å². The molecule has 1 aliphatic heterocycles. The molecule has 0 saturated heterocycles. The number of rotatable bonds is 6. The highest BCUT2D eigenvalue weighted by Crippen LogP contribution is 2.39. The predicted octanol–water partition coefficient (Wildman–Crippen LogP) is 3.83. The van der Waals surface area contributed by atoms with Crippen LogP contribution in [0, 0.1) is 5.92 Å². The Morgan fingerprint density at radius 1 is 1.13 bits per heavy atom. The largest absolute Gasteiger partial charge is 0.326 e. The lowest BCUT2D eigenvalue weighted by atomic mass is 10.1. The number of sulfone groups is 1. The minimum Gasteiger partial charge on any atom is -0.326 e. The first-order chi connectivity index (χ1) is 14.2. The predicted molar refractivity (Wildman–Crippen MR) is 117 cm³/mol. The Hall–Kier alpha value is -2.38. The monoisotopic (exact) mass is 446 g/mol. The minimum atomic E-state index is -3.62. The van der Waals surface area contributed by atoms with Gasteiger partial charge in [-0.2, -0.15) is 0 Å². The van der Waals surface area contributed by atoms with Crippen LogP contribution in [0.2, 0.25) is 5.02 Å². The molecule has 1 aliphatic carbocycles. The molecule has 4 rings (SSSR count). The topological polar surface area (TPSA) is 83.6 Å². The summed E-state index contributed by atoms with van der Waals surface area (Å²) in [5, 5.41) is 3.22. The van der Waals surface area contributed by atoms with Gasteiger partial charge in [-0.05, 0) is 74.2 Å². The number of amides is 2. The summed E-state index contributed by atoms with van der Waals surface area (Å²) < 4.78 is 25.5. The van der Waals surface area contributed by atoms with E-state index in [0.717, 1.165) is 24.1 Å². The molecular formula is C22H23ClN2O4S. The standard InChI is InChI=1S/C22H23ClN2O4S/c1-14-12-16-13-19(8-9-20(16)25(14)22(27)15-2-3-15)30(28,29)11-10-21(26)24-18-6-4-17(23)5-7-18/h4-9,13-15H,2-3,10-12H2,1H3,(H,24,26)/t14-/m1/s1. The first-order valence-electron chi connectivity index (χ1n) is 9.99. The van der Waals surface area contributed by atoms with Crippen LogP contribution in [0.25, 0.3) is 0 Å². The van der Waals surface area contributed by atoms with Crippen molar-refractivity contribution in [3.63, 3.8) is 0 Å². The molecule has 1 atom stereocenters. The maximum absolute atomic E-state index is 12.8. The summed E-state index contributed by atoms with van der Waals surface area (Å²) in [4.78, 5) is 26.7. The van der Waals surface area contributed by atoms with Crippen LogP contribution in [0.5, 0.6) is 0 Å². The van der Waals surface area contributed by atoms with Crippen LogP contribution in [0.1, 0.15) is 31.7 Å². The number of carbonyl (C=O) groups is 2. The molecule has 158 valence electrons. The number of carbonyl (C=O) groups excluding carboxylic acids is 2. The van der Waals surface area contributed by atoms with E-state index in [1.165, 1.54) is 6.07 Å². The molecule has 1 heterocycles. The molecule has 0 radical (unpaired) electrons. The summed E-state index contributed by atoms with van der Waals surface area (Å²) in [5.41, 5.74) is 2.23. The van der Waals surface area contributed by atoms with Crippen LogP contribution in [0.3, 0.4) is 0 Å². The summed E-state index contributed by atoms with van der Waals surface area (Å²) in [7, 11) is -3.62. The Bertz CT molecular complexity index is 1090. The van der Waals surface area contributed by atoms with Crippen LogP contribution >= 0.6 is 11.6 Å². The third-order valence-corrected chi connectivity index (χ3v) is 7.48. The van der Waals surface area contributed by atoms with Gasteiger partial charge in [-0.15, -0.1) is 0 Å². The molecule has 1 N–H and O–H groups in total. The van der Waals surface area contributed by atoms with Gasteiger partial charge in [0.2, 0.25) is 11.8 Å². The third kappa shape index (κ3) is 4.37. The van der Waals surface area contributed by atoms with E-state index >= 15 is 0 Å². The number of nitrogens with one attached hydrogen (secondary N) is 1. The van der Waals surface area contributed by atoms with Gasteiger partial charge in [0.1, 0.15) is 0 Å². The average molecular weight is 447 g/mol. The number of hydrogen-bond acceptors (Lipinski definition) is 4. The Morgan fingerprint density at radius 2 is 1.83 bits per heavy atom. The summed E-state index contributed by atoms with van der Waals surface area (Å²) in [5.74, 6) is -0.417. The van der Waals surface area contributed by atoms with Gasteiger partial charge in [0.25, 0.3) is 0 Å². The van der Waals surface area contributed by atoms with E-state index in [0.29, 0.717) is 17.1 Å². The Morgan fingerprint density at radius 3 is 2.50 bits per heavy atom. The van der Waals surface area contributed by atoms with Crippen molar-refractivity contribution >= 4 is 44.6 Å². The maximum atomic E-state index is 12.8. The fourth-order valence-corrected chi connectivity index (χ4v) is 5.18. The Balaban J connectivity index is 1.43. The fourth-order valence-electron chi connectivity index (χ4n) is 3.77. The van der Waals surface area contributed by atoms with Crippen LogP contribution < -0.4 is 10.2 Å². The Kier molecular flexibility index (Phi) is 5.59. The van der Waals surface area contributed by atoms with Gasteiger partial charge < -0.3 is 10.2 Å². The van der Waals surface area contributed by atoms with Gasteiger partial charge in [0, 0.05) is 34.8 Å². The molecule has 2 amide bonds. The van der Waals surface area contributed by atoms with E-state index in [2.05, 4.69) is 5.32 Å². The molecule has 2 aromatic rings. The van der Waals surface area contributed by atoms with Crippen LogP contribution in [0.15, 0.2) is 47.4 Å². The van der Waals surface area contributed by atoms with Gasteiger partial charge in [0.05, 0.1) is 10.6 Å². The normalized spacial score (nSPS) is 18.2. The van der Waals surface area contributed by atoms with Crippen LogP contribution in [-0.4, -0.2) is 32.0 Å². The van der Waals surface area contributed by atoms with E-state index in [9.17, 15) is 18.0 Å². The van der Waals surface area contributed by atoms with Gasteiger partial charge >= 0.3 is 0 Å². The van der Waals surface area contributed by atoms with E-state index in [1.807, 2.05) is 11.8 Å². The first-order valence-corrected chi connectivity index (χ1v) is 12.0. The van der Waals surface area contributed by atoms with Crippen LogP contribution in [-0.2, 0) is 25.8 Å². The van der Waals surface area contributed by atoms with Crippen molar-refractivity contribution in [1.82, 2.24) is 0 Å². The summed E-state index contributed by atoms with van der Waals surface area (Å²) in [6.45, 7) is 1.98. The van der Waals surface area contributed by atoms with Crippen molar-refractivity contribution in [2.75, 3.05) is 16.0 Å². The molecular weight excluding hydrogens is 424 g/mol. The molecule has 0 unspecified atom stereocenters. The number of benzene rings is 2. The van der Waals surface area contributed by atoms with E-state index in [1.54, 1.807) is 36.4 Å². The van der Waals surface area contributed by atoms with E-state index in [-0.39, 0.29) is 40.8 Å². The van der Waals surface area contributed by atoms with Crippen molar-refractivity contribution < 1.29 is 18.0 Å². The maximum Gasteiger partial charge on any atom is 0.230 e. The molecule has 0 bridgehead atoms. The smallest absolute Gasteiger partial charge is 0.230 e. The zero-order valence-corrected chi connectivity index (χ0v) is 18.2. The fraction of sp³-hybridized carbons (Fsp3) is 0.364. The van der Waals surface area contributed by atoms with Crippen molar-refractivity contribution in [2.24, 2.45) is 5.92 Å². The lowest BCUT2D eigenvalue weighted by Gasteiger charge is -2.22. The third-order valence-electron chi connectivity index (χ3n) is 5.52. The summed E-state index contributed by atoms with van der Waals surface area (Å²) in [6.07, 6.45) is 2.35. The minimum absolute atomic E-state index is 0.0243. The first kappa shape index (κ1) is 20.9. The SMILES string of the molecule is C[C@@H]1Cc2cc(S(=O)(=O)CCC(=O)Nc3ccc(Cl)cc3)ccc2N1C(=O)C1CC1. The number of nitrogens with zero attached hydrogens (tertiary/aromatic N) is 1. The van der Waals surface area contributed by atoms with Gasteiger partial charge in [-0.25, -0.2) is 8.42 Å². The zero-order valence-electron chi connectivity index (χ0n) is 16.6. The quantitative estimate of drug-likeness (QED) is 0.730. The average Bonchev–Trinajstić information content (AvgIpc) is 3.50. The van der Waals surface area contributed by atoms with Gasteiger partial charge in [0.15, 0.2) is 9.84 Å². The van der Waals surface area contributed by atoms with E-state index < -0.39 is 9.84 Å². The molecule has 0 spiro atoms. The van der Waals surface area contributed by atoms with Crippen LogP contribution in [0.4, 0.5) is 11.4 Å². The second kappa shape index (κ2) is 8.04. The lowest BCUT2D eigenvalue weighted by molar-refractivity contribution is -0.120. The molecule has 8 heteroatoms.